The minimum atomic E-state index is -0.685. The molecule has 0 saturated carbocycles. The molecule has 1 aromatic carbocycles. The van der Waals surface area contributed by atoms with Crippen molar-refractivity contribution in [3.8, 4) is 11.5 Å². The molecule has 0 spiro atoms. The molecule has 0 amide bonds. The van der Waals surface area contributed by atoms with Crippen LogP contribution in [0.25, 0.3) is 0 Å². The number of aromatic hydroxyl groups is 1. The first-order chi connectivity index (χ1) is 9.58. The number of nitrogens with zero attached hydrogens (tertiary/aromatic N) is 1. The zero-order valence-corrected chi connectivity index (χ0v) is 12.0. The van der Waals surface area contributed by atoms with Crippen molar-refractivity contribution < 1.29 is 14.6 Å². The molecule has 4 nitrogen and oxygen atoms in total. The van der Waals surface area contributed by atoms with Crippen LogP contribution < -0.4 is 4.74 Å². The van der Waals surface area contributed by atoms with Crippen molar-refractivity contribution in [3.05, 3.63) is 51.8 Å². The average Bonchev–Trinajstić information content (AvgIpc) is 2.43. The molecule has 0 fully saturated rings. The molecule has 1 atom stereocenters. The highest BCUT2D eigenvalue weighted by Gasteiger charge is 2.21. The summed E-state index contributed by atoms with van der Waals surface area (Å²) in [4.78, 5) is 15.3. The summed E-state index contributed by atoms with van der Waals surface area (Å²) in [6, 6.07) is 4.69. The lowest BCUT2D eigenvalue weighted by Gasteiger charge is -2.15. The van der Waals surface area contributed by atoms with Gasteiger partial charge in [0.15, 0.2) is 11.5 Å². The van der Waals surface area contributed by atoms with Gasteiger partial charge in [-0.15, -0.1) is 0 Å². The van der Waals surface area contributed by atoms with Gasteiger partial charge in [0, 0.05) is 18.0 Å². The van der Waals surface area contributed by atoms with Crippen molar-refractivity contribution in [2.24, 2.45) is 0 Å². The number of methoxy groups -OCH3 is 1. The van der Waals surface area contributed by atoms with E-state index in [1.807, 2.05) is 0 Å². The van der Waals surface area contributed by atoms with Crippen LogP contribution in [0.3, 0.4) is 0 Å². The van der Waals surface area contributed by atoms with E-state index in [2.05, 4.69) is 4.98 Å². The zero-order valence-electron chi connectivity index (χ0n) is 10.5. The minimum Gasteiger partial charge on any atom is -0.504 e. The number of ether oxygens (including phenoxy) is 1. The summed E-state index contributed by atoms with van der Waals surface area (Å²) in [5.41, 5.74) is 1.02. The number of aldehydes is 1. The van der Waals surface area contributed by atoms with Crippen LogP contribution in [-0.2, 0) is 4.79 Å². The first-order valence-corrected chi connectivity index (χ1v) is 6.45. The molecule has 0 radical (unpaired) electrons. The number of phenolic OH excluding ortho intramolecular Hbond substituents is 1. The van der Waals surface area contributed by atoms with E-state index in [0.29, 0.717) is 33.2 Å². The smallest absolute Gasteiger partial charge is 0.160 e. The molecule has 0 aliphatic carbocycles. The number of benzene rings is 1. The monoisotopic (exact) mass is 311 g/mol. The van der Waals surface area contributed by atoms with E-state index < -0.39 is 5.92 Å². The Labute approximate surface area is 125 Å². The van der Waals surface area contributed by atoms with E-state index in [9.17, 15) is 9.90 Å². The number of aromatic nitrogens is 1. The van der Waals surface area contributed by atoms with Crippen molar-refractivity contribution >= 4 is 29.5 Å². The Morgan fingerprint density at radius 1 is 1.30 bits per heavy atom. The van der Waals surface area contributed by atoms with Gasteiger partial charge in [-0.3, -0.25) is 4.98 Å². The van der Waals surface area contributed by atoms with Gasteiger partial charge in [-0.1, -0.05) is 29.3 Å². The molecule has 6 heteroatoms. The molecule has 1 N–H and O–H groups in total. The predicted molar refractivity (Wildman–Crippen MR) is 76.8 cm³/mol. The van der Waals surface area contributed by atoms with Gasteiger partial charge in [0.25, 0.3) is 0 Å². The van der Waals surface area contributed by atoms with E-state index in [1.54, 1.807) is 12.1 Å². The highest BCUT2D eigenvalue weighted by Crippen LogP contribution is 2.36. The second-order valence-corrected chi connectivity index (χ2v) is 4.88. The molecule has 1 unspecified atom stereocenters. The SMILES string of the molecule is COc1ccc(C(C=O)c2c(Cl)cncc2Cl)cc1O. The van der Waals surface area contributed by atoms with E-state index >= 15 is 0 Å². The van der Waals surface area contributed by atoms with Crippen molar-refractivity contribution in [3.63, 3.8) is 0 Å². The maximum atomic E-state index is 11.4. The maximum Gasteiger partial charge on any atom is 0.160 e. The molecule has 0 aliphatic rings. The Morgan fingerprint density at radius 3 is 2.45 bits per heavy atom. The minimum absolute atomic E-state index is 0.0573. The number of carbonyl (C=O) groups is 1. The lowest BCUT2D eigenvalue weighted by molar-refractivity contribution is -0.108. The molecule has 0 aliphatic heterocycles. The van der Waals surface area contributed by atoms with Gasteiger partial charge >= 0.3 is 0 Å². The van der Waals surface area contributed by atoms with Crippen LogP contribution in [0.4, 0.5) is 0 Å². The molecule has 1 heterocycles. The number of hydrogen-bond donors (Lipinski definition) is 1. The standard InChI is InChI=1S/C14H11Cl2NO3/c1-20-13-3-2-8(4-12(13)19)9(7-18)14-10(15)5-17-6-11(14)16/h2-7,9,19H,1H3. The van der Waals surface area contributed by atoms with E-state index in [0.717, 1.165) is 0 Å². The van der Waals surface area contributed by atoms with Crippen LogP contribution in [0.15, 0.2) is 30.6 Å². The summed E-state index contributed by atoms with van der Waals surface area (Å²) >= 11 is 12.1. The second kappa shape index (κ2) is 6.11. The molecule has 0 saturated heterocycles. The Balaban J connectivity index is 2.53. The first-order valence-electron chi connectivity index (χ1n) is 5.69. The van der Waals surface area contributed by atoms with Gasteiger partial charge in [-0.25, -0.2) is 0 Å². The van der Waals surface area contributed by atoms with E-state index in [4.69, 9.17) is 27.9 Å². The Hall–Kier alpha value is -1.78. The number of pyridine rings is 1. The quantitative estimate of drug-likeness (QED) is 0.879. The van der Waals surface area contributed by atoms with Crippen LogP contribution in [0, 0.1) is 0 Å². The first kappa shape index (κ1) is 14.6. The fourth-order valence-electron chi connectivity index (χ4n) is 1.93. The van der Waals surface area contributed by atoms with Gasteiger partial charge in [0.2, 0.25) is 0 Å². The molecule has 0 bridgehead atoms. The lowest BCUT2D eigenvalue weighted by atomic mass is 9.93. The van der Waals surface area contributed by atoms with Crippen LogP contribution in [-0.4, -0.2) is 23.5 Å². The van der Waals surface area contributed by atoms with Crippen molar-refractivity contribution in [2.75, 3.05) is 7.11 Å². The van der Waals surface area contributed by atoms with Crippen molar-refractivity contribution in [2.45, 2.75) is 5.92 Å². The molecular weight excluding hydrogens is 301 g/mol. The zero-order chi connectivity index (χ0) is 14.7. The number of rotatable bonds is 4. The van der Waals surface area contributed by atoms with E-state index in [1.165, 1.54) is 25.6 Å². The van der Waals surface area contributed by atoms with Gasteiger partial charge in [-0.2, -0.15) is 0 Å². The molecule has 2 aromatic rings. The van der Waals surface area contributed by atoms with Crippen LogP contribution in [0.5, 0.6) is 11.5 Å². The van der Waals surface area contributed by atoms with Gasteiger partial charge in [-0.05, 0) is 17.7 Å². The normalized spacial score (nSPS) is 11.9. The fraction of sp³-hybridized carbons (Fsp3) is 0.143. The summed E-state index contributed by atoms with van der Waals surface area (Å²) < 4.78 is 4.97. The fourth-order valence-corrected chi connectivity index (χ4v) is 2.53. The summed E-state index contributed by atoms with van der Waals surface area (Å²) in [6.07, 6.45) is 3.56. The summed E-state index contributed by atoms with van der Waals surface area (Å²) in [5.74, 6) is -0.418. The number of carbonyl (C=O) groups excluding carboxylic acids is 1. The topological polar surface area (TPSA) is 59.4 Å². The third kappa shape index (κ3) is 2.71. The predicted octanol–water partition coefficient (Wildman–Crippen LogP) is 3.43. The summed E-state index contributed by atoms with van der Waals surface area (Å²) in [5, 5.41) is 10.4. The number of phenols is 1. The van der Waals surface area contributed by atoms with Crippen LogP contribution in [0.2, 0.25) is 10.0 Å². The molecule has 20 heavy (non-hydrogen) atoms. The maximum absolute atomic E-state index is 11.4. The highest BCUT2D eigenvalue weighted by molar-refractivity contribution is 6.36. The number of halogens is 2. The second-order valence-electron chi connectivity index (χ2n) is 4.06. The third-order valence-corrected chi connectivity index (χ3v) is 3.50. The molecule has 104 valence electrons. The largest absolute Gasteiger partial charge is 0.504 e. The third-order valence-electron chi connectivity index (χ3n) is 2.90. The van der Waals surface area contributed by atoms with Gasteiger partial charge in [0.05, 0.1) is 23.1 Å². The van der Waals surface area contributed by atoms with Gasteiger partial charge < -0.3 is 14.6 Å². The van der Waals surface area contributed by atoms with E-state index in [-0.39, 0.29) is 5.75 Å². The average molecular weight is 312 g/mol. The molecule has 2 rings (SSSR count). The van der Waals surface area contributed by atoms with Crippen LogP contribution in [0.1, 0.15) is 17.0 Å². The summed E-state index contributed by atoms with van der Waals surface area (Å²) in [7, 11) is 1.45. The molecular formula is C14H11Cl2NO3. The number of hydrogen-bond acceptors (Lipinski definition) is 4. The lowest BCUT2D eigenvalue weighted by Crippen LogP contribution is -2.05. The van der Waals surface area contributed by atoms with Crippen LogP contribution >= 0.6 is 23.2 Å². The Bertz CT molecular complexity index is 626. The summed E-state index contributed by atoms with van der Waals surface area (Å²) in [6.45, 7) is 0. The van der Waals surface area contributed by atoms with Crippen molar-refractivity contribution in [1.82, 2.24) is 4.98 Å². The van der Waals surface area contributed by atoms with Crippen molar-refractivity contribution in [1.29, 1.82) is 0 Å². The Kier molecular flexibility index (Phi) is 4.47. The highest BCUT2D eigenvalue weighted by atomic mass is 35.5. The Morgan fingerprint density at radius 2 is 1.95 bits per heavy atom. The molecule has 1 aromatic heterocycles. The van der Waals surface area contributed by atoms with Gasteiger partial charge in [0.1, 0.15) is 6.29 Å².